The lowest BCUT2D eigenvalue weighted by atomic mass is 10.1. The van der Waals surface area contributed by atoms with Crippen LogP contribution in [0.3, 0.4) is 0 Å². The lowest BCUT2D eigenvalue weighted by Gasteiger charge is -2.18. The highest BCUT2D eigenvalue weighted by Gasteiger charge is 2.49. The van der Waals surface area contributed by atoms with Crippen molar-refractivity contribution in [2.45, 2.75) is 31.0 Å². The molecule has 0 radical (unpaired) electrons. The predicted octanol–water partition coefficient (Wildman–Crippen LogP) is 4.52. The molecule has 3 aromatic carbocycles. The summed E-state index contributed by atoms with van der Waals surface area (Å²) in [4.78, 5) is 8.78. The van der Waals surface area contributed by atoms with Crippen LogP contribution in [0.5, 0.6) is 17.2 Å². The predicted molar refractivity (Wildman–Crippen MR) is 141 cm³/mol. The van der Waals surface area contributed by atoms with Gasteiger partial charge in [-0.3, -0.25) is 0 Å². The van der Waals surface area contributed by atoms with Gasteiger partial charge >= 0.3 is 0 Å². The molecule has 0 spiro atoms. The molecule has 2 fully saturated rings. The van der Waals surface area contributed by atoms with Crippen LogP contribution >= 0.6 is 0 Å². The van der Waals surface area contributed by atoms with Crippen molar-refractivity contribution < 1.29 is 28.4 Å². The number of nitrogens with one attached hydrogen (secondary N) is 1. The second-order valence-corrected chi connectivity index (χ2v) is 9.18. The molecule has 2 saturated heterocycles. The Labute approximate surface area is 220 Å². The van der Waals surface area contributed by atoms with Crippen molar-refractivity contribution >= 4 is 22.4 Å². The number of rotatable bonds is 9. The number of methoxy groups -OCH3 is 2. The summed E-state index contributed by atoms with van der Waals surface area (Å²) >= 11 is 0. The second-order valence-electron chi connectivity index (χ2n) is 9.18. The van der Waals surface area contributed by atoms with Gasteiger partial charge in [0.05, 0.1) is 39.6 Å². The maximum atomic E-state index is 6.24. The van der Waals surface area contributed by atoms with Crippen LogP contribution in [0.25, 0.3) is 10.9 Å². The minimum absolute atomic E-state index is 0.110. The van der Waals surface area contributed by atoms with Crippen molar-refractivity contribution in [3.63, 3.8) is 0 Å². The lowest BCUT2D eigenvalue weighted by Crippen LogP contribution is -2.35. The third-order valence-corrected chi connectivity index (χ3v) is 6.81. The van der Waals surface area contributed by atoms with E-state index in [-0.39, 0.29) is 24.4 Å². The van der Waals surface area contributed by atoms with Crippen LogP contribution in [0.1, 0.15) is 5.56 Å². The molecule has 9 nitrogen and oxygen atoms in total. The maximum Gasteiger partial charge on any atom is 0.162 e. The zero-order valence-corrected chi connectivity index (χ0v) is 21.2. The molecule has 1 aromatic heterocycles. The number of hydrogen-bond acceptors (Lipinski definition) is 9. The highest BCUT2D eigenvalue weighted by atomic mass is 16.6. The number of ether oxygens (including phenoxy) is 6. The first-order chi connectivity index (χ1) is 18.7. The molecule has 9 heteroatoms. The summed E-state index contributed by atoms with van der Waals surface area (Å²) in [5.74, 6) is 2.63. The average molecular weight is 516 g/mol. The van der Waals surface area contributed by atoms with Crippen LogP contribution in [0.15, 0.2) is 73.1 Å². The van der Waals surface area contributed by atoms with E-state index in [4.69, 9.17) is 28.4 Å². The Hall–Kier alpha value is -3.92. The third kappa shape index (κ3) is 4.96. The van der Waals surface area contributed by atoms with Crippen LogP contribution in [0, 0.1) is 0 Å². The molecule has 4 aromatic rings. The quantitative estimate of drug-likeness (QED) is 0.345. The van der Waals surface area contributed by atoms with E-state index in [1.54, 1.807) is 14.2 Å². The third-order valence-electron chi connectivity index (χ3n) is 6.81. The molecule has 2 aliphatic rings. The van der Waals surface area contributed by atoms with Gasteiger partial charge in [0.1, 0.15) is 36.2 Å². The van der Waals surface area contributed by atoms with E-state index in [0.717, 1.165) is 27.9 Å². The van der Waals surface area contributed by atoms with E-state index in [9.17, 15) is 0 Å². The zero-order chi connectivity index (χ0) is 25.9. The van der Waals surface area contributed by atoms with Gasteiger partial charge in [-0.15, -0.1) is 0 Å². The molecule has 38 heavy (non-hydrogen) atoms. The van der Waals surface area contributed by atoms with Crippen molar-refractivity contribution in [3.05, 3.63) is 78.6 Å². The second kappa shape index (κ2) is 10.8. The van der Waals surface area contributed by atoms with Crippen molar-refractivity contribution in [2.75, 3.05) is 32.8 Å². The Kier molecular flexibility index (Phi) is 6.96. The summed E-state index contributed by atoms with van der Waals surface area (Å²) in [6.45, 7) is 1.48. The molecule has 4 atom stereocenters. The fraction of sp³-hybridized carbons (Fsp3) is 0.310. The zero-order valence-electron chi connectivity index (χ0n) is 21.2. The van der Waals surface area contributed by atoms with Crippen LogP contribution in [-0.4, -0.2) is 61.8 Å². The Balaban J connectivity index is 1.09. The van der Waals surface area contributed by atoms with E-state index in [0.29, 0.717) is 37.1 Å². The number of aromatic nitrogens is 2. The first kappa shape index (κ1) is 24.4. The van der Waals surface area contributed by atoms with Gasteiger partial charge in [0.25, 0.3) is 0 Å². The molecule has 2 aliphatic heterocycles. The summed E-state index contributed by atoms with van der Waals surface area (Å²) in [7, 11) is 3.20. The Morgan fingerprint density at radius 3 is 2.32 bits per heavy atom. The first-order valence-electron chi connectivity index (χ1n) is 12.5. The van der Waals surface area contributed by atoms with Gasteiger partial charge in [-0.25, -0.2) is 9.97 Å². The van der Waals surface area contributed by atoms with Gasteiger partial charge in [0.2, 0.25) is 0 Å². The number of benzene rings is 3. The molecule has 6 rings (SSSR count). The van der Waals surface area contributed by atoms with E-state index in [1.165, 1.54) is 6.33 Å². The number of fused-ring (bicyclic) bond motifs is 2. The van der Waals surface area contributed by atoms with Crippen molar-refractivity contribution in [2.24, 2.45) is 0 Å². The normalized spacial score (nSPS) is 22.3. The summed E-state index contributed by atoms with van der Waals surface area (Å²) in [5, 5.41) is 4.18. The highest BCUT2D eigenvalue weighted by Crippen LogP contribution is 2.35. The molecule has 0 saturated carbocycles. The topological polar surface area (TPSA) is 93.2 Å². The van der Waals surface area contributed by atoms with Gasteiger partial charge in [-0.2, -0.15) is 0 Å². The smallest absolute Gasteiger partial charge is 0.162 e. The molecular weight excluding hydrogens is 486 g/mol. The summed E-state index contributed by atoms with van der Waals surface area (Å²) in [5.41, 5.74) is 2.74. The lowest BCUT2D eigenvalue weighted by molar-refractivity contribution is -0.0425. The summed E-state index contributed by atoms with van der Waals surface area (Å²) < 4.78 is 35.2. The minimum atomic E-state index is -0.197. The van der Waals surface area contributed by atoms with Crippen molar-refractivity contribution in [1.29, 1.82) is 0 Å². The Bertz CT molecular complexity index is 1380. The summed E-state index contributed by atoms with van der Waals surface area (Å²) in [6.07, 6.45) is 0.918. The van der Waals surface area contributed by atoms with Gasteiger partial charge in [0, 0.05) is 17.1 Å². The van der Waals surface area contributed by atoms with Crippen LogP contribution in [0.4, 0.5) is 11.5 Å². The highest BCUT2D eigenvalue weighted by molar-refractivity contribution is 5.93. The van der Waals surface area contributed by atoms with Crippen LogP contribution in [-0.2, 0) is 20.8 Å². The van der Waals surface area contributed by atoms with Crippen LogP contribution < -0.4 is 19.5 Å². The molecule has 0 amide bonds. The van der Waals surface area contributed by atoms with E-state index >= 15 is 0 Å². The molecule has 3 heterocycles. The first-order valence-corrected chi connectivity index (χ1v) is 12.5. The molecule has 0 aliphatic carbocycles. The Morgan fingerprint density at radius 2 is 1.55 bits per heavy atom. The van der Waals surface area contributed by atoms with E-state index < -0.39 is 0 Å². The van der Waals surface area contributed by atoms with E-state index in [2.05, 4.69) is 27.4 Å². The maximum absolute atomic E-state index is 6.24. The molecule has 1 N–H and O–H groups in total. The molecule has 0 bridgehead atoms. The molecule has 196 valence electrons. The Morgan fingerprint density at radius 1 is 0.842 bits per heavy atom. The fourth-order valence-corrected chi connectivity index (χ4v) is 4.86. The van der Waals surface area contributed by atoms with Crippen LogP contribution in [0.2, 0.25) is 0 Å². The van der Waals surface area contributed by atoms with Gasteiger partial charge in [-0.1, -0.05) is 30.3 Å². The molecular formula is C29H29N3O6. The minimum Gasteiger partial charge on any atom is -0.493 e. The summed E-state index contributed by atoms with van der Waals surface area (Å²) in [6, 6.07) is 21.5. The number of nitrogens with zero attached hydrogens (tertiary/aromatic N) is 2. The SMILES string of the molecule is COc1cc2ncnc(Nc3ccc(O[C@H]4CO[C@H]5[C@@H]4OC[C@@H]5OCc4ccccc4)cc3)c2cc1OC. The standard InChI is InChI=1S/C29H29N3O6/c1-33-23-12-21-22(13-24(23)34-2)30-17-31-29(21)32-19-8-10-20(11-9-19)38-26-16-37-27-25(15-36-28(26)27)35-14-18-6-4-3-5-7-18/h3-13,17,25-28H,14-16H2,1-2H3,(H,30,31,32)/t25-,26-,27+,28+/m0/s1. The average Bonchev–Trinajstić information content (AvgIpc) is 3.55. The van der Waals surface area contributed by atoms with Crippen molar-refractivity contribution in [1.82, 2.24) is 9.97 Å². The monoisotopic (exact) mass is 515 g/mol. The van der Waals surface area contributed by atoms with E-state index in [1.807, 2.05) is 54.6 Å². The molecule has 0 unspecified atom stereocenters. The van der Waals surface area contributed by atoms with Gasteiger partial charge < -0.3 is 33.7 Å². The number of hydrogen-bond donors (Lipinski definition) is 1. The number of anilines is 2. The largest absolute Gasteiger partial charge is 0.493 e. The van der Waals surface area contributed by atoms with Crippen molar-refractivity contribution in [3.8, 4) is 17.2 Å². The van der Waals surface area contributed by atoms with Gasteiger partial charge in [-0.05, 0) is 35.9 Å². The van der Waals surface area contributed by atoms with Gasteiger partial charge in [0.15, 0.2) is 17.6 Å². The fourth-order valence-electron chi connectivity index (χ4n) is 4.86.